The predicted molar refractivity (Wildman–Crippen MR) is 104 cm³/mol. The molecule has 1 aromatic carbocycles. The fraction of sp³-hybridized carbons (Fsp3) is 0.611. The number of nitrogens with zero attached hydrogens (tertiary/aromatic N) is 1. The van der Waals surface area contributed by atoms with Crippen molar-refractivity contribution < 1.29 is 22.8 Å². The third kappa shape index (κ3) is 9.74. The van der Waals surface area contributed by atoms with Crippen molar-refractivity contribution in [2.75, 3.05) is 32.4 Å². The molecule has 0 spiro atoms. The van der Waals surface area contributed by atoms with E-state index in [0.29, 0.717) is 16.7 Å². The van der Waals surface area contributed by atoms with Crippen LogP contribution in [0.2, 0.25) is 0 Å². The number of nitrogens with one attached hydrogen (secondary N) is 2. The molecular formula is C18H32N3O4S+. The van der Waals surface area contributed by atoms with Crippen molar-refractivity contribution in [3.8, 4) is 0 Å². The maximum Gasteiger partial charge on any atom is 0.305 e. The number of rotatable bonds is 12. The van der Waals surface area contributed by atoms with E-state index in [-0.39, 0.29) is 6.42 Å². The van der Waals surface area contributed by atoms with Gasteiger partial charge in [0.2, 0.25) is 0 Å². The van der Waals surface area contributed by atoms with Crippen LogP contribution in [0.3, 0.4) is 0 Å². The Morgan fingerprint density at radius 1 is 1.15 bits per heavy atom. The quantitative estimate of drug-likeness (QED) is 0.379. The van der Waals surface area contributed by atoms with Crippen LogP contribution in [0.15, 0.2) is 24.3 Å². The van der Waals surface area contributed by atoms with Gasteiger partial charge in [0.05, 0.1) is 40.2 Å². The number of aryl methyl sites for hydroxylation is 1. The summed E-state index contributed by atoms with van der Waals surface area (Å²) in [7, 11) is 1.79. The van der Waals surface area contributed by atoms with E-state index < -0.39 is 22.2 Å². The first-order valence-electron chi connectivity index (χ1n) is 8.92. The van der Waals surface area contributed by atoms with Crippen molar-refractivity contribution >= 4 is 21.9 Å². The summed E-state index contributed by atoms with van der Waals surface area (Å²) < 4.78 is 30.1. The van der Waals surface area contributed by atoms with Gasteiger partial charge >= 0.3 is 5.97 Å². The Hall–Kier alpha value is -1.64. The molecule has 0 aliphatic heterocycles. The summed E-state index contributed by atoms with van der Waals surface area (Å²) >= 11 is 0. The number of carboxylic acid groups (broad SMARTS) is 1. The molecule has 0 aliphatic carbocycles. The second-order valence-corrected chi connectivity index (χ2v) is 9.09. The van der Waals surface area contributed by atoms with Crippen LogP contribution < -0.4 is 9.44 Å². The monoisotopic (exact) mass is 386 g/mol. The molecule has 0 aromatic heterocycles. The highest BCUT2D eigenvalue weighted by Crippen LogP contribution is 2.14. The number of benzene rings is 1. The highest BCUT2D eigenvalue weighted by Gasteiger charge is 2.25. The smallest absolute Gasteiger partial charge is 0.305 e. The van der Waals surface area contributed by atoms with Gasteiger partial charge in [0.15, 0.2) is 0 Å². The minimum Gasteiger partial charge on any atom is -0.481 e. The average Bonchev–Trinajstić information content (AvgIpc) is 2.45. The van der Waals surface area contributed by atoms with E-state index >= 15 is 0 Å². The van der Waals surface area contributed by atoms with Gasteiger partial charge in [-0.15, -0.1) is 0 Å². The molecule has 148 valence electrons. The number of quaternary nitrogens is 1. The molecule has 0 unspecified atom stereocenters. The van der Waals surface area contributed by atoms with E-state index in [2.05, 4.69) is 16.4 Å². The van der Waals surface area contributed by atoms with E-state index in [1.54, 1.807) is 12.1 Å². The van der Waals surface area contributed by atoms with Crippen molar-refractivity contribution in [2.45, 2.75) is 45.1 Å². The van der Waals surface area contributed by atoms with Crippen LogP contribution >= 0.6 is 0 Å². The van der Waals surface area contributed by atoms with Crippen molar-refractivity contribution in [3.63, 3.8) is 0 Å². The van der Waals surface area contributed by atoms with Crippen LogP contribution in [0.1, 0.15) is 38.2 Å². The molecule has 1 atom stereocenters. The van der Waals surface area contributed by atoms with Crippen molar-refractivity contribution in [2.24, 2.45) is 0 Å². The minimum absolute atomic E-state index is 0.271. The number of carbonyl (C=O) groups is 1. The summed E-state index contributed by atoms with van der Waals surface area (Å²) in [6.45, 7) is 2.52. The minimum atomic E-state index is -3.86. The van der Waals surface area contributed by atoms with Gasteiger partial charge in [0.1, 0.15) is 0 Å². The molecule has 3 N–H and O–H groups in total. The lowest BCUT2D eigenvalue weighted by Gasteiger charge is -2.29. The largest absolute Gasteiger partial charge is 0.481 e. The fourth-order valence-electron chi connectivity index (χ4n) is 2.74. The summed E-state index contributed by atoms with van der Waals surface area (Å²) in [5.41, 5.74) is 1.62. The number of hydrogen-bond donors (Lipinski definition) is 3. The van der Waals surface area contributed by atoms with E-state index in [9.17, 15) is 13.2 Å². The zero-order chi connectivity index (χ0) is 19.8. The molecule has 0 aliphatic rings. The molecule has 1 aromatic rings. The van der Waals surface area contributed by atoms with Gasteiger partial charge in [-0.05, 0) is 30.5 Å². The van der Waals surface area contributed by atoms with E-state index in [0.717, 1.165) is 19.3 Å². The van der Waals surface area contributed by atoms with Crippen LogP contribution in [-0.4, -0.2) is 57.7 Å². The fourth-order valence-corrected chi connectivity index (χ4v) is 3.84. The first-order valence-corrected chi connectivity index (χ1v) is 10.4. The maximum atomic E-state index is 12.4. The average molecular weight is 387 g/mol. The molecule has 0 amide bonds. The third-order valence-corrected chi connectivity index (χ3v) is 4.93. The highest BCUT2D eigenvalue weighted by molar-refractivity contribution is 7.90. The van der Waals surface area contributed by atoms with Gasteiger partial charge in [0, 0.05) is 5.69 Å². The van der Waals surface area contributed by atoms with Crippen molar-refractivity contribution in [1.82, 2.24) is 4.72 Å². The SMILES string of the molecule is CCCCCc1ccc(NS(=O)(=O)N[C@H](CC(=O)O)C[N+](C)(C)C)cc1. The van der Waals surface area contributed by atoms with Gasteiger partial charge < -0.3 is 9.59 Å². The van der Waals surface area contributed by atoms with Gasteiger partial charge in [-0.2, -0.15) is 13.1 Å². The van der Waals surface area contributed by atoms with Crippen LogP contribution in [0.25, 0.3) is 0 Å². The second-order valence-electron chi connectivity index (χ2n) is 7.65. The van der Waals surface area contributed by atoms with E-state index in [1.165, 1.54) is 12.0 Å². The Labute approximate surface area is 157 Å². The summed E-state index contributed by atoms with van der Waals surface area (Å²) in [5.74, 6) is -1.04. The Morgan fingerprint density at radius 2 is 1.77 bits per heavy atom. The zero-order valence-corrected chi connectivity index (χ0v) is 17.0. The normalized spacial score (nSPS) is 13.4. The van der Waals surface area contributed by atoms with Crippen molar-refractivity contribution in [1.29, 1.82) is 0 Å². The molecule has 8 heteroatoms. The van der Waals surface area contributed by atoms with Gasteiger partial charge in [-0.3, -0.25) is 9.52 Å². The third-order valence-electron chi connectivity index (χ3n) is 3.79. The predicted octanol–water partition coefficient (Wildman–Crippen LogP) is 2.22. The molecule has 0 saturated heterocycles. The molecule has 26 heavy (non-hydrogen) atoms. The van der Waals surface area contributed by atoms with Crippen LogP contribution in [0.4, 0.5) is 5.69 Å². The second kappa shape index (κ2) is 9.89. The number of hydrogen-bond acceptors (Lipinski definition) is 3. The number of aliphatic carboxylic acids is 1. The lowest BCUT2D eigenvalue weighted by atomic mass is 10.1. The standard InChI is InChI=1S/C18H31N3O4S/c1-5-6-7-8-15-9-11-16(12-10-15)19-26(24,25)20-17(13-18(22)23)14-21(2,3)4/h9-12,17,19-20H,5-8,13-14H2,1-4H3/p+1/t17-/m1/s1. The summed E-state index contributed by atoms with van der Waals surface area (Å²) in [4.78, 5) is 11.0. The summed E-state index contributed by atoms with van der Waals surface area (Å²) in [6, 6.07) is 6.58. The molecule has 0 bridgehead atoms. The van der Waals surface area contributed by atoms with Crippen LogP contribution in [0, 0.1) is 0 Å². The molecule has 0 fully saturated rings. The molecule has 7 nitrogen and oxygen atoms in total. The van der Waals surface area contributed by atoms with E-state index in [1.807, 2.05) is 33.3 Å². The first-order chi connectivity index (χ1) is 12.0. The number of carboxylic acids is 1. The Morgan fingerprint density at radius 3 is 2.27 bits per heavy atom. The lowest BCUT2D eigenvalue weighted by Crippen LogP contribution is -2.50. The molecule has 1 rings (SSSR count). The van der Waals surface area contributed by atoms with Crippen LogP contribution in [-0.2, 0) is 21.4 Å². The number of unbranched alkanes of at least 4 members (excludes halogenated alkanes) is 2. The Kier molecular flexibility index (Phi) is 8.52. The molecule has 0 saturated carbocycles. The molecular weight excluding hydrogens is 354 g/mol. The maximum absolute atomic E-state index is 12.4. The zero-order valence-electron chi connectivity index (χ0n) is 16.2. The Balaban J connectivity index is 2.72. The Bertz CT molecular complexity index is 667. The van der Waals surface area contributed by atoms with Gasteiger partial charge in [-0.1, -0.05) is 31.9 Å². The summed E-state index contributed by atoms with van der Waals surface area (Å²) in [6.07, 6.45) is 4.16. The number of likely N-dealkylation sites (N-methyl/N-ethyl adjacent to an activating group) is 1. The number of anilines is 1. The highest BCUT2D eigenvalue weighted by atomic mass is 32.2. The molecule has 0 heterocycles. The molecule has 0 radical (unpaired) electrons. The summed E-state index contributed by atoms with van der Waals surface area (Å²) in [5, 5.41) is 9.02. The van der Waals surface area contributed by atoms with Gasteiger partial charge in [-0.25, -0.2) is 0 Å². The van der Waals surface area contributed by atoms with Crippen LogP contribution in [0.5, 0.6) is 0 Å². The van der Waals surface area contributed by atoms with Crippen molar-refractivity contribution in [3.05, 3.63) is 29.8 Å². The van der Waals surface area contributed by atoms with E-state index in [4.69, 9.17) is 5.11 Å². The van der Waals surface area contributed by atoms with Gasteiger partial charge in [0.25, 0.3) is 10.2 Å². The first kappa shape index (κ1) is 22.4. The lowest BCUT2D eigenvalue weighted by molar-refractivity contribution is -0.871. The topological polar surface area (TPSA) is 95.5 Å².